The molecule has 2 aliphatic rings. The number of rotatable bonds is 3. The Hall–Kier alpha value is -0.800. The number of nitrogens with zero attached hydrogens (tertiary/aromatic N) is 1. The molecule has 1 N–H and O–H groups in total. The van der Waals surface area contributed by atoms with E-state index in [9.17, 15) is 0 Å². The van der Waals surface area contributed by atoms with Crippen LogP contribution in [-0.2, 0) is 4.84 Å². The molecule has 78 valence electrons. The van der Waals surface area contributed by atoms with E-state index in [-0.39, 0.29) is 0 Å². The molecule has 0 spiro atoms. The van der Waals surface area contributed by atoms with E-state index in [0.717, 1.165) is 13.0 Å². The summed E-state index contributed by atoms with van der Waals surface area (Å²) in [4.78, 5) is 7.37. The van der Waals surface area contributed by atoms with Gasteiger partial charge in [0, 0.05) is 13.1 Å². The molecule has 0 atom stereocenters. The van der Waals surface area contributed by atoms with Gasteiger partial charge >= 0.3 is 0 Å². The molecule has 1 aliphatic heterocycles. The van der Waals surface area contributed by atoms with Gasteiger partial charge in [0.05, 0.1) is 12.8 Å². The fourth-order valence-corrected chi connectivity index (χ4v) is 1.85. The van der Waals surface area contributed by atoms with Crippen molar-refractivity contribution >= 4 is 0 Å². The number of hydrogen-bond donors (Lipinski definition) is 1. The highest BCUT2D eigenvalue weighted by molar-refractivity contribution is 5.40. The quantitative estimate of drug-likeness (QED) is 0.688. The van der Waals surface area contributed by atoms with Crippen LogP contribution in [0.25, 0.3) is 0 Å². The second-order valence-corrected chi connectivity index (χ2v) is 4.04. The van der Waals surface area contributed by atoms with E-state index in [1.165, 1.54) is 36.2 Å². The van der Waals surface area contributed by atoms with Crippen LogP contribution in [0.15, 0.2) is 22.9 Å². The molecule has 1 aliphatic carbocycles. The van der Waals surface area contributed by atoms with E-state index >= 15 is 0 Å². The minimum atomic E-state index is 1.04. The van der Waals surface area contributed by atoms with Crippen LogP contribution in [0, 0.1) is 0 Å². The van der Waals surface area contributed by atoms with Crippen LogP contribution in [-0.4, -0.2) is 32.1 Å². The Morgan fingerprint density at radius 3 is 2.86 bits per heavy atom. The molecule has 0 aromatic rings. The molecule has 1 fully saturated rings. The maximum atomic E-state index is 5.03. The highest BCUT2D eigenvalue weighted by atomic mass is 16.6. The van der Waals surface area contributed by atoms with Gasteiger partial charge in [-0.15, -0.1) is 0 Å². The van der Waals surface area contributed by atoms with Crippen LogP contribution in [0.5, 0.6) is 0 Å². The Morgan fingerprint density at radius 2 is 2.29 bits per heavy atom. The fourth-order valence-electron chi connectivity index (χ4n) is 1.85. The zero-order chi connectivity index (χ0) is 9.97. The first-order chi connectivity index (χ1) is 6.81. The summed E-state index contributed by atoms with van der Waals surface area (Å²) in [5.41, 5.74) is 7.16. The SMILES string of the molecule is CONC(C1=CCCN(C)C1)=C1CC1. The van der Waals surface area contributed by atoms with Gasteiger partial charge in [-0.1, -0.05) is 6.08 Å². The Kier molecular flexibility index (Phi) is 2.89. The van der Waals surface area contributed by atoms with Gasteiger partial charge in [0.25, 0.3) is 0 Å². The largest absolute Gasteiger partial charge is 0.302 e. The Bertz CT molecular complexity index is 275. The molecule has 0 aromatic heterocycles. The van der Waals surface area contributed by atoms with Crippen LogP contribution in [0.2, 0.25) is 0 Å². The normalized spacial score (nSPS) is 21.9. The van der Waals surface area contributed by atoms with Gasteiger partial charge in [-0.2, -0.15) is 0 Å². The minimum Gasteiger partial charge on any atom is -0.302 e. The monoisotopic (exact) mass is 194 g/mol. The van der Waals surface area contributed by atoms with Crippen molar-refractivity contribution < 1.29 is 4.84 Å². The summed E-state index contributed by atoms with van der Waals surface area (Å²) in [6.45, 7) is 2.20. The first kappa shape index (κ1) is 9.74. The van der Waals surface area contributed by atoms with E-state index in [1.807, 2.05) is 0 Å². The lowest BCUT2D eigenvalue weighted by Gasteiger charge is -2.24. The van der Waals surface area contributed by atoms with E-state index in [0.29, 0.717) is 0 Å². The zero-order valence-corrected chi connectivity index (χ0v) is 8.97. The van der Waals surface area contributed by atoms with Crippen molar-refractivity contribution in [2.45, 2.75) is 19.3 Å². The molecule has 0 radical (unpaired) electrons. The Labute approximate surface area is 85.4 Å². The summed E-state index contributed by atoms with van der Waals surface area (Å²) in [5, 5.41) is 0. The average molecular weight is 194 g/mol. The number of nitrogens with one attached hydrogen (secondary N) is 1. The topological polar surface area (TPSA) is 24.5 Å². The van der Waals surface area contributed by atoms with Crippen molar-refractivity contribution in [1.29, 1.82) is 0 Å². The minimum absolute atomic E-state index is 1.04. The molecule has 14 heavy (non-hydrogen) atoms. The highest BCUT2D eigenvalue weighted by Gasteiger charge is 2.22. The van der Waals surface area contributed by atoms with E-state index in [4.69, 9.17) is 4.84 Å². The van der Waals surface area contributed by atoms with E-state index < -0.39 is 0 Å². The lowest BCUT2D eigenvalue weighted by atomic mass is 10.1. The number of hydrogen-bond acceptors (Lipinski definition) is 3. The van der Waals surface area contributed by atoms with Gasteiger partial charge < -0.3 is 4.90 Å². The fraction of sp³-hybridized carbons (Fsp3) is 0.636. The zero-order valence-electron chi connectivity index (χ0n) is 8.97. The first-order valence-electron chi connectivity index (χ1n) is 5.20. The van der Waals surface area contributed by atoms with Gasteiger partial charge in [0.1, 0.15) is 0 Å². The number of hydroxylamine groups is 1. The van der Waals surface area contributed by atoms with Crippen LogP contribution >= 0.6 is 0 Å². The predicted molar refractivity (Wildman–Crippen MR) is 56.6 cm³/mol. The van der Waals surface area contributed by atoms with Crippen LogP contribution in [0.1, 0.15) is 19.3 Å². The van der Waals surface area contributed by atoms with Crippen molar-refractivity contribution in [3.63, 3.8) is 0 Å². The standard InChI is InChI=1S/C11H18N2O/c1-13-7-3-4-10(8-13)11(12-14-2)9-5-6-9/h4,12H,3,5-8H2,1-2H3. The molecule has 3 nitrogen and oxygen atoms in total. The summed E-state index contributed by atoms with van der Waals surface area (Å²) in [6, 6.07) is 0. The van der Waals surface area contributed by atoms with Crippen LogP contribution < -0.4 is 5.48 Å². The summed E-state index contributed by atoms with van der Waals surface area (Å²) in [7, 11) is 3.84. The molecule has 0 amide bonds. The first-order valence-corrected chi connectivity index (χ1v) is 5.20. The van der Waals surface area contributed by atoms with Gasteiger partial charge in [-0.3, -0.25) is 10.3 Å². The molecule has 0 aromatic carbocycles. The Morgan fingerprint density at radius 1 is 1.50 bits per heavy atom. The lowest BCUT2D eigenvalue weighted by Crippen LogP contribution is -2.29. The Balaban J connectivity index is 2.11. The summed E-state index contributed by atoms with van der Waals surface area (Å²) >= 11 is 0. The predicted octanol–water partition coefficient (Wildman–Crippen LogP) is 1.45. The summed E-state index contributed by atoms with van der Waals surface area (Å²) in [6.07, 6.45) is 5.93. The second kappa shape index (κ2) is 4.15. The molecule has 1 saturated carbocycles. The maximum absolute atomic E-state index is 5.03. The summed E-state index contributed by atoms with van der Waals surface area (Å²) in [5.74, 6) is 0. The molecule has 0 unspecified atom stereocenters. The van der Waals surface area contributed by atoms with Crippen LogP contribution in [0.3, 0.4) is 0 Å². The molecule has 1 heterocycles. The van der Waals surface area contributed by atoms with Gasteiger partial charge in [-0.05, 0) is 37.5 Å². The third kappa shape index (κ3) is 2.16. The third-order valence-electron chi connectivity index (χ3n) is 2.72. The third-order valence-corrected chi connectivity index (χ3v) is 2.72. The highest BCUT2D eigenvalue weighted by Crippen LogP contribution is 2.34. The molecular formula is C11H18N2O. The molecular weight excluding hydrogens is 176 g/mol. The van der Waals surface area contributed by atoms with Gasteiger partial charge in [0.2, 0.25) is 0 Å². The summed E-state index contributed by atoms with van der Waals surface area (Å²) < 4.78 is 0. The van der Waals surface area contributed by atoms with Crippen molar-refractivity contribution in [2.24, 2.45) is 0 Å². The maximum Gasteiger partial charge on any atom is 0.0638 e. The van der Waals surface area contributed by atoms with E-state index in [2.05, 4.69) is 23.5 Å². The van der Waals surface area contributed by atoms with E-state index in [1.54, 1.807) is 7.11 Å². The molecule has 3 heteroatoms. The van der Waals surface area contributed by atoms with Crippen LogP contribution in [0.4, 0.5) is 0 Å². The van der Waals surface area contributed by atoms with Crippen molar-refractivity contribution in [3.05, 3.63) is 22.9 Å². The lowest BCUT2D eigenvalue weighted by molar-refractivity contribution is 0.118. The van der Waals surface area contributed by atoms with Crippen molar-refractivity contribution in [2.75, 3.05) is 27.2 Å². The number of allylic oxidation sites excluding steroid dienone is 1. The molecule has 0 bridgehead atoms. The van der Waals surface area contributed by atoms with Crippen molar-refractivity contribution in [3.8, 4) is 0 Å². The average Bonchev–Trinajstić information content (AvgIpc) is 2.97. The second-order valence-electron chi connectivity index (χ2n) is 4.04. The smallest absolute Gasteiger partial charge is 0.0638 e. The van der Waals surface area contributed by atoms with Gasteiger partial charge in [-0.25, -0.2) is 0 Å². The number of likely N-dealkylation sites (N-methyl/N-ethyl adjacent to an activating group) is 1. The molecule has 0 saturated heterocycles. The van der Waals surface area contributed by atoms with Gasteiger partial charge in [0.15, 0.2) is 0 Å². The molecule has 2 rings (SSSR count). The van der Waals surface area contributed by atoms with Crippen molar-refractivity contribution in [1.82, 2.24) is 10.4 Å².